The minimum absolute atomic E-state index is 0.731. The van der Waals surface area contributed by atoms with Crippen molar-refractivity contribution >= 4 is 5.69 Å². The van der Waals surface area contributed by atoms with E-state index in [0.29, 0.717) is 0 Å². The Labute approximate surface area is 130 Å². The maximum Gasteiger partial charge on any atom is 0.119 e. The van der Waals surface area contributed by atoms with Crippen LogP contribution in [0.4, 0.5) is 5.69 Å². The number of ether oxygens (including phenoxy) is 1. The quantitative estimate of drug-likeness (QED) is 0.694. The molecule has 0 spiro atoms. The van der Waals surface area contributed by atoms with Crippen LogP contribution < -0.4 is 10.5 Å². The molecule has 0 aliphatic rings. The summed E-state index contributed by atoms with van der Waals surface area (Å²) >= 11 is 0. The van der Waals surface area contributed by atoms with Gasteiger partial charge in [0.15, 0.2) is 0 Å². The maximum absolute atomic E-state index is 6.12. The minimum atomic E-state index is 0.731. The van der Waals surface area contributed by atoms with Crippen LogP contribution in [0.25, 0.3) is 0 Å². The zero-order chi connectivity index (χ0) is 15.8. The lowest BCUT2D eigenvalue weighted by atomic mass is 10.1. The van der Waals surface area contributed by atoms with Crippen LogP contribution in [0.15, 0.2) is 18.2 Å². The number of methoxy groups -OCH3 is 1. The summed E-state index contributed by atoms with van der Waals surface area (Å²) in [5.74, 6) is 2.34. The van der Waals surface area contributed by atoms with Gasteiger partial charge in [-0.3, -0.25) is 4.90 Å². The Morgan fingerprint density at radius 3 is 2.10 bits per heavy atom. The molecule has 0 unspecified atom stereocenters. The lowest BCUT2D eigenvalue weighted by Gasteiger charge is -2.25. The van der Waals surface area contributed by atoms with Gasteiger partial charge in [0, 0.05) is 12.2 Å². The summed E-state index contributed by atoms with van der Waals surface area (Å²) in [5.41, 5.74) is 8.15. The van der Waals surface area contributed by atoms with Crippen LogP contribution in [0.3, 0.4) is 0 Å². The Balaban J connectivity index is 2.73. The molecule has 21 heavy (non-hydrogen) atoms. The molecule has 3 heteroatoms. The van der Waals surface area contributed by atoms with E-state index in [4.69, 9.17) is 10.5 Å². The second kappa shape index (κ2) is 8.93. The molecule has 0 amide bonds. The van der Waals surface area contributed by atoms with Crippen molar-refractivity contribution in [3.8, 4) is 5.75 Å². The van der Waals surface area contributed by atoms with Gasteiger partial charge in [-0.2, -0.15) is 0 Å². The third kappa shape index (κ3) is 6.85. The first-order chi connectivity index (χ1) is 9.92. The number of anilines is 1. The number of benzene rings is 1. The summed E-state index contributed by atoms with van der Waals surface area (Å²) in [6, 6.07) is 5.93. The van der Waals surface area contributed by atoms with Gasteiger partial charge in [0.2, 0.25) is 0 Å². The fourth-order valence-electron chi connectivity index (χ4n) is 2.24. The molecule has 0 aliphatic heterocycles. The molecule has 0 saturated carbocycles. The van der Waals surface area contributed by atoms with Gasteiger partial charge in [-0.25, -0.2) is 0 Å². The van der Waals surface area contributed by atoms with Crippen molar-refractivity contribution in [2.75, 3.05) is 25.9 Å². The van der Waals surface area contributed by atoms with Crippen molar-refractivity contribution in [3.05, 3.63) is 23.8 Å². The van der Waals surface area contributed by atoms with Crippen LogP contribution in [0.1, 0.15) is 46.1 Å². The van der Waals surface area contributed by atoms with E-state index in [9.17, 15) is 0 Å². The molecule has 2 N–H and O–H groups in total. The molecule has 0 heterocycles. The highest BCUT2D eigenvalue weighted by molar-refractivity contribution is 5.50. The molecule has 0 aromatic heterocycles. The number of rotatable bonds is 9. The van der Waals surface area contributed by atoms with Crippen molar-refractivity contribution in [2.45, 2.75) is 47.1 Å². The van der Waals surface area contributed by atoms with E-state index in [1.807, 2.05) is 12.1 Å². The average molecular weight is 292 g/mol. The standard InChI is InChI=1S/C18H32N2O/c1-14(2)8-10-20(11-9-15(3)4)13-16-12-17(21-5)6-7-18(16)19/h6-7,12,14-15H,8-11,13,19H2,1-5H3. The van der Waals surface area contributed by atoms with Crippen molar-refractivity contribution < 1.29 is 4.74 Å². The fraction of sp³-hybridized carbons (Fsp3) is 0.667. The highest BCUT2D eigenvalue weighted by Gasteiger charge is 2.11. The van der Waals surface area contributed by atoms with E-state index in [1.165, 1.54) is 18.4 Å². The lowest BCUT2D eigenvalue weighted by molar-refractivity contribution is 0.236. The van der Waals surface area contributed by atoms with Gasteiger partial charge in [-0.05, 0) is 61.5 Å². The lowest BCUT2D eigenvalue weighted by Crippen LogP contribution is -2.27. The molecule has 3 nitrogen and oxygen atoms in total. The van der Waals surface area contributed by atoms with Crippen molar-refractivity contribution in [2.24, 2.45) is 11.8 Å². The zero-order valence-electron chi connectivity index (χ0n) is 14.4. The third-order valence-electron chi connectivity index (χ3n) is 3.79. The first-order valence-electron chi connectivity index (χ1n) is 8.07. The van der Waals surface area contributed by atoms with Crippen LogP contribution in [-0.2, 0) is 6.54 Å². The Bertz CT molecular complexity index is 404. The van der Waals surface area contributed by atoms with Gasteiger partial charge in [0.05, 0.1) is 7.11 Å². The summed E-state index contributed by atoms with van der Waals surface area (Å²) in [5, 5.41) is 0. The van der Waals surface area contributed by atoms with E-state index < -0.39 is 0 Å². The maximum atomic E-state index is 6.12. The van der Waals surface area contributed by atoms with Crippen LogP contribution in [-0.4, -0.2) is 25.1 Å². The van der Waals surface area contributed by atoms with Crippen LogP contribution in [0.5, 0.6) is 5.75 Å². The van der Waals surface area contributed by atoms with Crippen LogP contribution in [0, 0.1) is 11.8 Å². The molecule has 1 aromatic rings. The fourth-order valence-corrected chi connectivity index (χ4v) is 2.24. The van der Waals surface area contributed by atoms with Gasteiger partial charge in [0.25, 0.3) is 0 Å². The summed E-state index contributed by atoms with van der Waals surface area (Å²) in [6.45, 7) is 12.3. The first-order valence-corrected chi connectivity index (χ1v) is 8.07. The van der Waals surface area contributed by atoms with E-state index in [2.05, 4.69) is 38.7 Å². The van der Waals surface area contributed by atoms with Crippen molar-refractivity contribution in [1.29, 1.82) is 0 Å². The molecular weight excluding hydrogens is 260 g/mol. The van der Waals surface area contributed by atoms with E-state index in [1.54, 1.807) is 7.11 Å². The number of hydrogen-bond donors (Lipinski definition) is 1. The molecule has 0 aliphatic carbocycles. The van der Waals surface area contributed by atoms with E-state index in [0.717, 1.165) is 42.9 Å². The van der Waals surface area contributed by atoms with Crippen molar-refractivity contribution in [1.82, 2.24) is 4.90 Å². The predicted octanol–water partition coefficient (Wildman–Crippen LogP) is 4.17. The van der Waals surface area contributed by atoms with Gasteiger partial charge < -0.3 is 10.5 Å². The smallest absolute Gasteiger partial charge is 0.119 e. The normalized spacial score (nSPS) is 11.6. The summed E-state index contributed by atoms with van der Waals surface area (Å²) in [6.07, 6.45) is 2.45. The third-order valence-corrected chi connectivity index (χ3v) is 3.79. The predicted molar refractivity (Wildman–Crippen MR) is 91.6 cm³/mol. The largest absolute Gasteiger partial charge is 0.497 e. The van der Waals surface area contributed by atoms with Crippen molar-refractivity contribution in [3.63, 3.8) is 0 Å². The van der Waals surface area contributed by atoms with Crippen LogP contribution in [0.2, 0.25) is 0 Å². The van der Waals surface area contributed by atoms with Gasteiger partial charge in [0.1, 0.15) is 5.75 Å². The summed E-state index contributed by atoms with van der Waals surface area (Å²) in [4.78, 5) is 2.52. The second-order valence-corrected chi connectivity index (χ2v) is 6.71. The Kier molecular flexibility index (Phi) is 7.58. The molecule has 1 aromatic carbocycles. The number of hydrogen-bond acceptors (Lipinski definition) is 3. The summed E-state index contributed by atoms with van der Waals surface area (Å²) < 4.78 is 5.31. The highest BCUT2D eigenvalue weighted by Crippen LogP contribution is 2.22. The summed E-state index contributed by atoms with van der Waals surface area (Å²) in [7, 11) is 1.70. The van der Waals surface area contributed by atoms with Gasteiger partial charge in [-0.1, -0.05) is 27.7 Å². The molecule has 0 saturated heterocycles. The number of nitrogen functional groups attached to an aromatic ring is 1. The molecule has 0 fully saturated rings. The second-order valence-electron chi connectivity index (χ2n) is 6.71. The first kappa shape index (κ1) is 17.8. The molecule has 0 radical (unpaired) electrons. The molecule has 1 rings (SSSR count). The Hall–Kier alpha value is -1.22. The monoisotopic (exact) mass is 292 g/mol. The van der Waals surface area contributed by atoms with E-state index >= 15 is 0 Å². The Morgan fingerprint density at radius 2 is 1.62 bits per heavy atom. The molecule has 0 bridgehead atoms. The highest BCUT2D eigenvalue weighted by atomic mass is 16.5. The molecule has 0 atom stereocenters. The number of nitrogens with zero attached hydrogens (tertiary/aromatic N) is 1. The average Bonchev–Trinajstić information content (AvgIpc) is 2.43. The molecular formula is C18H32N2O. The van der Waals surface area contributed by atoms with E-state index in [-0.39, 0.29) is 0 Å². The van der Waals surface area contributed by atoms with Crippen LogP contribution >= 0.6 is 0 Å². The SMILES string of the molecule is COc1ccc(N)c(CN(CCC(C)C)CCC(C)C)c1. The minimum Gasteiger partial charge on any atom is -0.497 e. The topological polar surface area (TPSA) is 38.5 Å². The molecule has 120 valence electrons. The number of nitrogens with two attached hydrogens (primary N) is 1. The van der Waals surface area contributed by atoms with Gasteiger partial charge in [-0.15, -0.1) is 0 Å². The zero-order valence-corrected chi connectivity index (χ0v) is 14.4. The Morgan fingerprint density at radius 1 is 1.05 bits per heavy atom. The van der Waals surface area contributed by atoms with Gasteiger partial charge >= 0.3 is 0 Å².